The Bertz CT molecular complexity index is 483. The molecule has 0 saturated carbocycles. The number of fused-ring (bicyclic) bond motifs is 2. The fourth-order valence-electron chi connectivity index (χ4n) is 3.33. The highest BCUT2D eigenvalue weighted by Gasteiger charge is 2.48. The van der Waals surface area contributed by atoms with Crippen molar-refractivity contribution in [3.05, 3.63) is 48.0 Å². The van der Waals surface area contributed by atoms with Crippen molar-refractivity contribution in [1.82, 2.24) is 4.90 Å². The Kier molecular flexibility index (Phi) is 2.71. The average Bonchev–Trinajstić information content (AvgIpc) is 2.99. The lowest BCUT2D eigenvalue weighted by Gasteiger charge is -2.35. The second-order valence-corrected chi connectivity index (χ2v) is 5.17. The van der Waals surface area contributed by atoms with Crippen molar-refractivity contribution in [3.63, 3.8) is 0 Å². The van der Waals surface area contributed by atoms with E-state index in [0.29, 0.717) is 0 Å². The molecule has 1 aliphatic carbocycles. The molecule has 1 heterocycles. The molecule has 3 rings (SSSR count). The van der Waals surface area contributed by atoms with Crippen LogP contribution >= 0.6 is 0 Å². The minimum atomic E-state index is -0.699. The molecule has 0 radical (unpaired) electrons. The summed E-state index contributed by atoms with van der Waals surface area (Å²) >= 11 is 0. The van der Waals surface area contributed by atoms with E-state index in [1.165, 1.54) is 5.56 Å². The number of rotatable bonds is 3. The lowest BCUT2D eigenvalue weighted by molar-refractivity contribution is -0.144. The molecule has 1 saturated heterocycles. The Morgan fingerprint density at radius 1 is 1.33 bits per heavy atom. The van der Waals surface area contributed by atoms with E-state index in [2.05, 4.69) is 36.1 Å². The SMILES string of the molecule is C[C@H](c1ccccc1)N1[C@@H]2C=C[C@@H](C2)[C@H]1C(=O)O. The summed E-state index contributed by atoms with van der Waals surface area (Å²) in [4.78, 5) is 13.6. The Balaban J connectivity index is 1.91. The van der Waals surface area contributed by atoms with Crippen LogP contribution in [0.3, 0.4) is 0 Å². The van der Waals surface area contributed by atoms with E-state index in [4.69, 9.17) is 0 Å². The summed E-state index contributed by atoms with van der Waals surface area (Å²) in [5, 5.41) is 9.43. The van der Waals surface area contributed by atoms with E-state index < -0.39 is 5.97 Å². The first-order valence-electron chi connectivity index (χ1n) is 6.42. The number of aliphatic carboxylic acids is 1. The molecule has 3 heteroatoms. The minimum Gasteiger partial charge on any atom is -0.480 e. The van der Waals surface area contributed by atoms with Crippen LogP contribution in [-0.2, 0) is 4.79 Å². The molecule has 0 amide bonds. The summed E-state index contributed by atoms with van der Waals surface area (Å²) in [5.74, 6) is -0.520. The lowest BCUT2D eigenvalue weighted by Crippen LogP contribution is -2.45. The maximum Gasteiger partial charge on any atom is 0.321 e. The summed E-state index contributed by atoms with van der Waals surface area (Å²) in [6.07, 6.45) is 5.18. The van der Waals surface area contributed by atoms with Gasteiger partial charge < -0.3 is 5.11 Å². The van der Waals surface area contributed by atoms with Gasteiger partial charge in [0.1, 0.15) is 6.04 Å². The van der Waals surface area contributed by atoms with Crippen molar-refractivity contribution in [3.8, 4) is 0 Å². The average molecular weight is 243 g/mol. The van der Waals surface area contributed by atoms with Gasteiger partial charge in [-0.25, -0.2) is 0 Å². The maximum absolute atomic E-state index is 11.5. The number of benzene rings is 1. The smallest absolute Gasteiger partial charge is 0.321 e. The number of carboxylic acids is 1. The Labute approximate surface area is 107 Å². The number of hydrogen-bond donors (Lipinski definition) is 1. The van der Waals surface area contributed by atoms with Crippen LogP contribution in [0.5, 0.6) is 0 Å². The van der Waals surface area contributed by atoms with E-state index >= 15 is 0 Å². The van der Waals surface area contributed by atoms with E-state index in [0.717, 1.165) is 6.42 Å². The summed E-state index contributed by atoms with van der Waals surface area (Å²) in [6.45, 7) is 2.10. The molecule has 94 valence electrons. The van der Waals surface area contributed by atoms with Gasteiger partial charge in [-0.1, -0.05) is 42.5 Å². The lowest BCUT2D eigenvalue weighted by atomic mass is 9.99. The Morgan fingerprint density at radius 2 is 2.06 bits per heavy atom. The van der Waals surface area contributed by atoms with Gasteiger partial charge in [0.25, 0.3) is 0 Å². The van der Waals surface area contributed by atoms with Crippen molar-refractivity contribution in [2.24, 2.45) is 5.92 Å². The first kappa shape index (κ1) is 11.5. The number of likely N-dealkylation sites (tertiary alicyclic amines) is 1. The summed E-state index contributed by atoms with van der Waals surface area (Å²) < 4.78 is 0. The van der Waals surface area contributed by atoms with Crippen LogP contribution in [-0.4, -0.2) is 28.1 Å². The molecule has 1 fully saturated rings. The van der Waals surface area contributed by atoms with Crippen molar-refractivity contribution in [2.45, 2.75) is 31.5 Å². The Hall–Kier alpha value is -1.61. The van der Waals surface area contributed by atoms with Crippen molar-refractivity contribution in [2.75, 3.05) is 0 Å². The standard InChI is InChI=1S/C15H17NO2/c1-10(11-5-3-2-4-6-11)16-13-8-7-12(9-13)14(16)15(17)18/h2-8,10,12-14H,9H2,1H3,(H,17,18)/t10-,12+,13-,14+/m1/s1. The van der Waals surface area contributed by atoms with Gasteiger partial charge in [0.05, 0.1) is 0 Å². The van der Waals surface area contributed by atoms with Crippen molar-refractivity contribution in [1.29, 1.82) is 0 Å². The fourth-order valence-corrected chi connectivity index (χ4v) is 3.33. The number of hydrogen-bond acceptors (Lipinski definition) is 2. The molecule has 2 aliphatic rings. The van der Waals surface area contributed by atoms with E-state index in [-0.39, 0.29) is 24.0 Å². The third-order valence-electron chi connectivity index (χ3n) is 4.19. The van der Waals surface area contributed by atoms with Gasteiger partial charge in [0.15, 0.2) is 0 Å². The van der Waals surface area contributed by atoms with Gasteiger partial charge in [-0.3, -0.25) is 9.69 Å². The second kappa shape index (κ2) is 4.25. The van der Waals surface area contributed by atoms with E-state index in [1.807, 2.05) is 18.2 Å². The molecule has 0 unspecified atom stereocenters. The van der Waals surface area contributed by atoms with Crippen LogP contribution in [0.1, 0.15) is 24.9 Å². The van der Waals surface area contributed by atoms with Gasteiger partial charge in [-0.05, 0) is 18.9 Å². The van der Waals surface area contributed by atoms with Crippen LogP contribution in [0.4, 0.5) is 0 Å². The zero-order chi connectivity index (χ0) is 12.7. The monoisotopic (exact) mass is 243 g/mol. The number of nitrogens with zero attached hydrogens (tertiary/aromatic N) is 1. The van der Waals surface area contributed by atoms with Gasteiger partial charge in [0.2, 0.25) is 0 Å². The third-order valence-corrected chi connectivity index (χ3v) is 4.19. The van der Waals surface area contributed by atoms with Crippen LogP contribution in [0.25, 0.3) is 0 Å². The van der Waals surface area contributed by atoms with E-state index in [1.54, 1.807) is 0 Å². The zero-order valence-electron chi connectivity index (χ0n) is 10.4. The molecule has 4 atom stereocenters. The zero-order valence-corrected chi connectivity index (χ0v) is 10.4. The topological polar surface area (TPSA) is 40.5 Å². The highest BCUT2D eigenvalue weighted by molar-refractivity contribution is 5.75. The molecule has 18 heavy (non-hydrogen) atoms. The predicted octanol–water partition coefficient (Wildman–Crippen LogP) is 2.46. The van der Waals surface area contributed by atoms with Gasteiger partial charge in [-0.2, -0.15) is 0 Å². The molecule has 1 aromatic carbocycles. The highest BCUT2D eigenvalue weighted by Crippen LogP contribution is 2.42. The largest absolute Gasteiger partial charge is 0.480 e. The van der Waals surface area contributed by atoms with Gasteiger partial charge >= 0.3 is 5.97 Å². The summed E-state index contributed by atoms with van der Waals surface area (Å²) in [7, 11) is 0. The van der Waals surface area contributed by atoms with Crippen LogP contribution in [0, 0.1) is 5.92 Å². The van der Waals surface area contributed by atoms with Crippen LogP contribution in [0.2, 0.25) is 0 Å². The van der Waals surface area contributed by atoms with Gasteiger partial charge in [0, 0.05) is 18.0 Å². The molecule has 0 aromatic heterocycles. The molecule has 1 aromatic rings. The molecular formula is C15H17NO2. The highest BCUT2D eigenvalue weighted by atomic mass is 16.4. The fraction of sp³-hybridized carbons (Fsp3) is 0.400. The third kappa shape index (κ3) is 1.66. The minimum absolute atomic E-state index is 0.146. The quantitative estimate of drug-likeness (QED) is 0.829. The van der Waals surface area contributed by atoms with Crippen molar-refractivity contribution < 1.29 is 9.90 Å². The first-order valence-corrected chi connectivity index (χ1v) is 6.42. The molecule has 0 spiro atoms. The summed E-state index contributed by atoms with van der Waals surface area (Å²) in [5.41, 5.74) is 1.18. The molecule has 3 nitrogen and oxygen atoms in total. The normalized spacial score (nSPS) is 31.7. The van der Waals surface area contributed by atoms with E-state index in [9.17, 15) is 9.90 Å². The Morgan fingerprint density at radius 3 is 2.72 bits per heavy atom. The molecule has 1 N–H and O–H groups in total. The molecule has 2 bridgehead atoms. The molecule has 1 aliphatic heterocycles. The van der Waals surface area contributed by atoms with Gasteiger partial charge in [-0.15, -0.1) is 0 Å². The van der Waals surface area contributed by atoms with Crippen LogP contribution < -0.4 is 0 Å². The maximum atomic E-state index is 11.5. The molecular weight excluding hydrogens is 226 g/mol. The van der Waals surface area contributed by atoms with Crippen molar-refractivity contribution >= 4 is 5.97 Å². The summed E-state index contributed by atoms with van der Waals surface area (Å²) in [6, 6.07) is 10.2. The second-order valence-electron chi connectivity index (χ2n) is 5.17. The first-order chi connectivity index (χ1) is 8.68. The predicted molar refractivity (Wildman–Crippen MR) is 69.2 cm³/mol. The number of carbonyl (C=O) groups is 1. The number of carboxylic acid groups (broad SMARTS) is 1. The van der Waals surface area contributed by atoms with Crippen LogP contribution in [0.15, 0.2) is 42.5 Å².